The summed E-state index contributed by atoms with van der Waals surface area (Å²) in [5.41, 5.74) is -1.12. The highest BCUT2D eigenvalue weighted by Crippen LogP contribution is 2.36. The molecule has 0 aliphatic carbocycles. The van der Waals surface area contributed by atoms with Crippen LogP contribution in [0.4, 0.5) is 18.9 Å². The first-order valence-electron chi connectivity index (χ1n) is 6.52. The van der Waals surface area contributed by atoms with Crippen LogP contribution in [0.2, 0.25) is 0 Å². The predicted molar refractivity (Wildman–Crippen MR) is 79.3 cm³/mol. The van der Waals surface area contributed by atoms with Gasteiger partial charge < -0.3 is 9.32 Å². The fraction of sp³-hybridized carbons (Fsp3) is 0.188. The van der Waals surface area contributed by atoms with E-state index in [1.807, 2.05) is 25.1 Å². The summed E-state index contributed by atoms with van der Waals surface area (Å²) in [7, 11) is 3.73. The van der Waals surface area contributed by atoms with Crippen molar-refractivity contribution in [2.45, 2.75) is 6.18 Å². The third-order valence-electron chi connectivity index (χ3n) is 3.53. The Morgan fingerprint density at radius 1 is 1.00 bits per heavy atom. The van der Waals surface area contributed by atoms with E-state index < -0.39 is 17.4 Å². The minimum absolute atomic E-state index is 0.0392. The smallest absolute Gasteiger partial charge is 0.417 e. The van der Waals surface area contributed by atoms with E-state index in [0.717, 1.165) is 5.69 Å². The van der Waals surface area contributed by atoms with Gasteiger partial charge in [-0.2, -0.15) is 13.2 Å². The molecule has 3 aromatic rings. The second-order valence-electron chi connectivity index (χ2n) is 5.22. The van der Waals surface area contributed by atoms with Crippen molar-refractivity contribution in [2.24, 2.45) is 0 Å². The van der Waals surface area contributed by atoms with Gasteiger partial charge in [0.2, 0.25) is 0 Å². The molecule has 114 valence electrons. The quantitative estimate of drug-likeness (QED) is 0.503. The molecule has 0 saturated carbocycles. The van der Waals surface area contributed by atoms with Crippen molar-refractivity contribution in [1.29, 1.82) is 0 Å². The molecule has 3 nitrogen and oxygen atoms in total. The van der Waals surface area contributed by atoms with Gasteiger partial charge in [0, 0.05) is 36.6 Å². The van der Waals surface area contributed by atoms with E-state index in [2.05, 4.69) is 0 Å². The molecule has 0 fully saturated rings. The number of fused-ring (bicyclic) bond motifs is 3. The van der Waals surface area contributed by atoms with Crippen molar-refractivity contribution < 1.29 is 17.6 Å². The van der Waals surface area contributed by atoms with Crippen molar-refractivity contribution in [3.05, 3.63) is 52.4 Å². The van der Waals surface area contributed by atoms with Gasteiger partial charge in [-0.3, -0.25) is 0 Å². The Balaban J connectivity index is 2.42. The van der Waals surface area contributed by atoms with Crippen molar-refractivity contribution in [1.82, 2.24) is 0 Å². The first kappa shape index (κ1) is 14.4. The lowest BCUT2D eigenvalue weighted by Crippen LogP contribution is -2.11. The number of hydrogen-bond donors (Lipinski definition) is 0. The number of nitrogens with zero attached hydrogens (tertiary/aromatic N) is 1. The molecular weight excluding hydrogens is 295 g/mol. The molecule has 0 aliphatic rings. The van der Waals surface area contributed by atoms with Crippen LogP contribution < -0.4 is 10.5 Å². The van der Waals surface area contributed by atoms with E-state index in [1.165, 1.54) is 6.07 Å². The van der Waals surface area contributed by atoms with E-state index >= 15 is 0 Å². The highest BCUT2D eigenvalue weighted by molar-refractivity contribution is 6.06. The maximum Gasteiger partial charge on any atom is 0.417 e. The lowest BCUT2D eigenvalue weighted by atomic mass is 10.0. The minimum atomic E-state index is -4.61. The van der Waals surface area contributed by atoms with Gasteiger partial charge in [0.1, 0.15) is 5.58 Å². The van der Waals surface area contributed by atoms with E-state index in [9.17, 15) is 18.0 Å². The number of anilines is 1. The third kappa shape index (κ3) is 2.30. The van der Waals surface area contributed by atoms with E-state index in [0.29, 0.717) is 16.8 Å². The highest BCUT2D eigenvalue weighted by Gasteiger charge is 2.34. The average molecular weight is 307 g/mol. The number of benzene rings is 2. The van der Waals surface area contributed by atoms with E-state index in [-0.39, 0.29) is 11.0 Å². The largest absolute Gasteiger partial charge is 0.422 e. The van der Waals surface area contributed by atoms with Gasteiger partial charge in [-0.15, -0.1) is 0 Å². The van der Waals surface area contributed by atoms with Crippen LogP contribution in [0.3, 0.4) is 0 Å². The Morgan fingerprint density at radius 3 is 2.32 bits per heavy atom. The standard InChI is InChI=1S/C16H12F3NO2/c1-20(2)10-4-6-11-9(7-10)3-5-12-13(16(17,18)19)8-14(21)22-15(11)12/h3-8H,1-2H3. The zero-order valence-electron chi connectivity index (χ0n) is 11.9. The molecule has 0 aliphatic heterocycles. The van der Waals surface area contributed by atoms with Crippen LogP contribution in [-0.2, 0) is 6.18 Å². The fourth-order valence-corrected chi connectivity index (χ4v) is 2.45. The molecule has 0 radical (unpaired) electrons. The van der Waals surface area contributed by atoms with Crippen molar-refractivity contribution in [3.8, 4) is 0 Å². The molecule has 1 aromatic heterocycles. The molecule has 22 heavy (non-hydrogen) atoms. The Kier molecular flexibility index (Phi) is 3.12. The van der Waals surface area contributed by atoms with Crippen LogP contribution in [0.25, 0.3) is 21.7 Å². The van der Waals surface area contributed by atoms with Gasteiger partial charge in [0.05, 0.1) is 5.56 Å². The van der Waals surface area contributed by atoms with Gasteiger partial charge in [0.25, 0.3) is 0 Å². The van der Waals surface area contributed by atoms with Crippen LogP contribution in [0.15, 0.2) is 45.6 Å². The molecule has 6 heteroatoms. The number of hydrogen-bond acceptors (Lipinski definition) is 3. The summed E-state index contributed by atoms with van der Waals surface area (Å²) in [4.78, 5) is 13.4. The van der Waals surface area contributed by atoms with Crippen molar-refractivity contribution in [3.63, 3.8) is 0 Å². The summed E-state index contributed by atoms with van der Waals surface area (Å²) >= 11 is 0. The van der Waals surface area contributed by atoms with Gasteiger partial charge >= 0.3 is 11.8 Å². The molecular formula is C16H12F3NO2. The summed E-state index contributed by atoms with van der Waals surface area (Å²) in [6.07, 6.45) is -4.61. The first-order chi connectivity index (χ1) is 10.3. The molecule has 3 rings (SSSR count). The van der Waals surface area contributed by atoms with Gasteiger partial charge in [-0.05, 0) is 29.7 Å². The minimum Gasteiger partial charge on any atom is -0.422 e. The van der Waals surface area contributed by atoms with Crippen molar-refractivity contribution >= 4 is 27.4 Å². The lowest BCUT2D eigenvalue weighted by molar-refractivity contribution is -0.136. The van der Waals surface area contributed by atoms with Crippen LogP contribution in [0.1, 0.15) is 5.56 Å². The van der Waals surface area contributed by atoms with Crippen LogP contribution in [0, 0.1) is 0 Å². The van der Waals surface area contributed by atoms with Gasteiger partial charge in [0.15, 0.2) is 0 Å². The Hall–Kier alpha value is -2.50. The zero-order valence-corrected chi connectivity index (χ0v) is 11.9. The molecule has 0 atom stereocenters. The van der Waals surface area contributed by atoms with Crippen LogP contribution in [0.5, 0.6) is 0 Å². The average Bonchev–Trinajstić information content (AvgIpc) is 2.44. The Labute approximate surface area is 123 Å². The molecule has 1 heterocycles. The third-order valence-corrected chi connectivity index (χ3v) is 3.53. The number of alkyl halides is 3. The molecule has 0 spiro atoms. The highest BCUT2D eigenvalue weighted by atomic mass is 19.4. The fourth-order valence-electron chi connectivity index (χ4n) is 2.45. The molecule has 0 bridgehead atoms. The monoisotopic (exact) mass is 307 g/mol. The maximum atomic E-state index is 13.1. The SMILES string of the molecule is CN(C)c1ccc2c(ccc3c(C(F)(F)F)cc(=O)oc32)c1. The van der Waals surface area contributed by atoms with Gasteiger partial charge in [-0.25, -0.2) is 4.79 Å². The normalized spacial score (nSPS) is 12.0. The summed E-state index contributed by atoms with van der Waals surface area (Å²) in [6, 6.07) is 8.68. The van der Waals surface area contributed by atoms with Crippen molar-refractivity contribution in [2.75, 3.05) is 19.0 Å². The number of rotatable bonds is 1. The second kappa shape index (κ2) is 4.76. The molecule has 2 aromatic carbocycles. The van der Waals surface area contributed by atoms with Crippen LogP contribution >= 0.6 is 0 Å². The summed E-state index contributed by atoms with van der Waals surface area (Å²) in [5.74, 6) is 0. The van der Waals surface area contributed by atoms with Crippen LogP contribution in [-0.4, -0.2) is 14.1 Å². The lowest BCUT2D eigenvalue weighted by Gasteiger charge is -2.14. The molecule has 0 unspecified atom stereocenters. The van der Waals surface area contributed by atoms with E-state index in [4.69, 9.17) is 4.42 Å². The Morgan fingerprint density at radius 2 is 1.68 bits per heavy atom. The van der Waals surface area contributed by atoms with E-state index in [1.54, 1.807) is 18.2 Å². The van der Waals surface area contributed by atoms with Gasteiger partial charge in [-0.1, -0.05) is 6.07 Å². The number of halogens is 3. The maximum absolute atomic E-state index is 13.1. The summed E-state index contributed by atoms with van der Waals surface area (Å²) < 4.78 is 44.3. The molecule has 0 amide bonds. The molecule has 0 N–H and O–H groups in total. The topological polar surface area (TPSA) is 33.5 Å². The second-order valence-corrected chi connectivity index (χ2v) is 5.22. The summed E-state index contributed by atoms with van der Waals surface area (Å²) in [5, 5.41) is 1.07. The molecule has 0 saturated heterocycles. The predicted octanol–water partition coefficient (Wildman–Crippen LogP) is 4.03. The zero-order chi connectivity index (χ0) is 16.1. The first-order valence-corrected chi connectivity index (χ1v) is 6.52. The summed E-state index contributed by atoms with van der Waals surface area (Å²) in [6.45, 7) is 0. The Bertz CT molecular complexity index is 926.